The number of rotatable bonds is 3. The van der Waals surface area contributed by atoms with Crippen molar-refractivity contribution in [1.82, 2.24) is 0 Å². The number of fused-ring (bicyclic) bond motifs is 1. The number of hydrogen-bond donors (Lipinski definition) is 0. The van der Waals surface area contributed by atoms with Gasteiger partial charge in [-0.05, 0) is 23.6 Å². The first-order valence-corrected chi connectivity index (χ1v) is 7.76. The van der Waals surface area contributed by atoms with Crippen LogP contribution in [-0.2, 0) is 23.3 Å². The van der Waals surface area contributed by atoms with Gasteiger partial charge in [-0.3, -0.25) is 9.20 Å². The highest BCUT2D eigenvalue weighted by Crippen LogP contribution is 2.21. The van der Waals surface area contributed by atoms with E-state index in [4.69, 9.17) is 0 Å². The lowest BCUT2D eigenvalue weighted by Gasteiger charge is -2.17. The molecule has 0 N–H and O–H groups in total. The smallest absolute Gasteiger partial charge is 0.0721 e. The molecule has 2 aromatic rings. The molecule has 0 radical (unpaired) electrons. The summed E-state index contributed by atoms with van der Waals surface area (Å²) in [5, 5.41) is 0. The molecule has 0 saturated carbocycles. The van der Waals surface area contributed by atoms with Gasteiger partial charge in [0, 0.05) is 23.4 Å². The maximum atomic E-state index is 10.8. The molecule has 1 heterocycles. The third-order valence-electron chi connectivity index (χ3n) is 3.41. The molecular weight excluding hydrogens is 270 g/mol. The van der Waals surface area contributed by atoms with E-state index in [0.29, 0.717) is 0 Å². The molecule has 1 aliphatic heterocycles. The van der Waals surface area contributed by atoms with E-state index in [1.807, 2.05) is 36.4 Å². The normalized spacial score (nSPS) is 15.3. The van der Waals surface area contributed by atoms with Gasteiger partial charge in [0.1, 0.15) is 0 Å². The summed E-state index contributed by atoms with van der Waals surface area (Å²) in [6, 6.07) is 15.9. The van der Waals surface area contributed by atoms with Crippen molar-refractivity contribution in [2.45, 2.75) is 12.2 Å². The van der Waals surface area contributed by atoms with Crippen molar-refractivity contribution in [2.75, 3.05) is 6.54 Å². The number of benzene rings is 2. The van der Waals surface area contributed by atoms with Gasteiger partial charge in [-0.2, -0.15) is 0 Å². The van der Waals surface area contributed by atoms with Crippen LogP contribution in [0, 0.1) is 0 Å². The number of nitrogens with zero attached hydrogens (tertiary/aromatic N) is 1. The summed E-state index contributed by atoms with van der Waals surface area (Å²) in [4.78, 5) is 4.62. The van der Waals surface area contributed by atoms with Gasteiger partial charge in [-0.15, -0.1) is 0 Å². The van der Waals surface area contributed by atoms with Crippen molar-refractivity contribution in [3.8, 4) is 0 Å². The molecule has 0 aliphatic carbocycles. The average molecular weight is 284 g/mol. The van der Waals surface area contributed by atoms with Gasteiger partial charge in [0.15, 0.2) is 0 Å². The zero-order chi connectivity index (χ0) is 13.9. The van der Waals surface area contributed by atoms with E-state index < -0.39 is 11.1 Å². The molecule has 3 rings (SSSR count). The van der Waals surface area contributed by atoms with Gasteiger partial charge < -0.3 is 4.55 Å². The van der Waals surface area contributed by atoms with Gasteiger partial charge in [0.2, 0.25) is 0 Å². The second kappa shape index (κ2) is 5.69. The van der Waals surface area contributed by atoms with Crippen LogP contribution >= 0.6 is 0 Å². The van der Waals surface area contributed by atoms with E-state index in [1.54, 1.807) is 0 Å². The Morgan fingerprint density at radius 2 is 2.00 bits per heavy atom. The van der Waals surface area contributed by atoms with Crippen LogP contribution in [0.5, 0.6) is 0 Å². The molecule has 0 amide bonds. The molecular formula is C16H14NO2S-. The highest BCUT2D eigenvalue weighted by molar-refractivity contribution is 7.78. The molecule has 1 aliphatic rings. The Balaban J connectivity index is 2.01. The third kappa shape index (κ3) is 2.71. The van der Waals surface area contributed by atoms with Gasteiger partial charge in [-0.1, -0.05) is 53.5 Å². The lowest BCUT2D eigenvalue weighted by Crippen LogP contribution is -2.14. The Labute approximate surface area is 120 Å². The predicted molar refractivity (Wildman–Crippen MR) is 79.7 cm³/mol. The van der Waals surface area contributed by atoms with Gasteiger partial charge >= 0.3 is 0 Å². The quantitative estimate of drug-likeness (QED) is 0.813. The first kappa shape index (κ1) is 13.2. The van der Waals surface area contributed by atoms with Crippen LogP contribution in [0.1, 0.15) is 22.3 Å². The molecule has 4 heteroatoms. The van der Waals surface area contributed by atoms with Crippen LogP contribution in [0.25, 0.3) is 0 Å². The van der Waals surface area contributed by atoms with Gasteiger partial charge in [0.25, 0.3) is 0 Å². The van der Waals surface area contributed by atoms with E-state index in [1.165, 1.54) is 5.56 Å². The number of aliphatic imine (C=N–C) groups is 1. The van der Waals surface area contributed by atoms with Crippen LogP contribution in [0.3, 0.4) is 0 Å². The van der Waals surface area contributed by atoms with Crippen LogP contribution in [-0.4, -0.2) is 21.0 Å². The topological polar surface area (TPSA) is 52.5 Å². The molecule has 0 spiro atoms. The Hall–Kier alpha value is -1.78. The van der Waals surface area contributed by atoms with Crippen molar-refractivity contribution < 1.29 is 8.76 Å². The van der Waals surface area contributed by atoms with Crippen LogP contribution in [0.15, 0.2) is 53.5 Å². The molecule has 0 saturated heterocycles. The summed E-state index contributed by atoms with van der Waals surface area (Å²) in [6.45, 7) is 0.782. The fourth-order valence-electron chi connectivity index (χ4n) is 2.53. The second-order valence-electron chi connectivity index (χ2n) is 4.79. The molecule has 0 fully saturated rings. The van der Waals surface area contributed by atoms with E-state index >= 15 is 0 Å². The predicted octanol–water partition coefficient (Wildman–Crippen LogP) is 2.46. The molecule has 3 nitrogen and oxygen atoms in total. The monoisotopic (exact) mass is 284 g/mol. The molecule has 0 bridgehead atoms. The van der Waals surface area contributed by atoms with E-state index in [2.05, 4.69) is 17.1 Å². The maximum absolute atomic E-state index is 10.8. The van der Waals surface area contributed by atoms with Gasteiger partial charge in [0.05, 0.1) is 5.71 Å². The zero-order valence-electron chi connectivity index (χ0n) is 10.9. The first-order valence-electron chi connectivity index (χ1n) is 6.52. The largest absolute Gasteiger partial charge is 0.772 e. The molecule has 1 atom stereocenters. The Morgan fingerprint density at radius 3 is 2.85 bits per heavy atom. The SMILES string of the molecule is O=S([O-])Cc1cccc(C2=NCCc3ccccc32)c1. The molecule has 20 heavy (non-hydrogen) atoms. The van der Waals surface area contributed by atoms with E-state index in [9.17, 15) is 8.76 Å². The summed E-state index contributed by atoms with van der Waals surface area (Å²) in [5.74, 6) is 0.0444. The van der Waals surface area contributed by atoms with Crippen molar-refractivity contribution in [3.05, 3.63) is 70.8 Å². The average Bonchev–Trinajstić information content (AvgIpc) is 2.46. The minimum atomic E-state index is -2.06. The van der Waals surface area contributed by atoms with Gasteiger partial charge in [-0.25, -0.2) is 0 Å². The minimum Gasteiger partial charge on any atom is -0.772 e. The Bertz CT molecular complexity index is 694. The second-order valence-corrected chi connectivity index (χ2v) is 5.68. The van der Waals surface area contributed by atoms with Crippen LogP contribution < -0.4 is 0 Å². The number of hydrogen-bond acceptors (Lipinski definition) is 3. The summed E-state index contributed by atoms with van der Waals surface area (Å²) in [6.07, 6.45) is 0.962. The fraction of sp³-hybridized carbons (Fsp3) is 0.188. The zero-order valence-corrected chi connectivity index (χ0v) is 11.7. The highest BCUT2D eigenvalue weighted by atomic mass is 32.2. The Morgan fingerprint density at radius 1 is 1.15 bits per heavy atom. The third-order valence-corrected chi connectivity index (χ3v) is 3.98. The van der Waals surface area contributed by atoms with Crippen molar-refractivity contribution in [3.63, 3.8) is 0 Å². The van der Waals surface area contributed by atoms with Crippen molar-refractivity contribution in [2.24, 2.45) is 4.99 Å². The molecule has 102 valence electrons. The van der Waals surface area contributed by atoms with E-state index in [-0.39, 0.29) is 5.75 Å². The lowest BCUT2D eigenvalue weighted by molar-refractivity contribution is 0.536. The molecule has 1 unspecified atom stereocenters. The summed E-state index contributed by atoms with van der Waals surface area (Å²) >= 11 is -2.06. The molecule has 2 aromatic carbocycles. The fourth-order valence-corrected chi connectivity index (χ4v) is 2.99. The minimum absolute atomic E-state index is 0.0444. The van der Waals surface area contributed by atoms with Crippen molar-refractivity contribution >= 4 is 16.8 Å². The molecule has 0 aromatic heterocycles. The Kier molecular flexibility index (Phi) is 3.76. The van der Waals surface area contributed by atoms with Crippen molar-refractivity contribution in [1.29, 1.82) is 0 Å². The summed E-state index contributed by atoms with van der Waals surface area (Å²) in [5.41, 5.74) is 5.20. The van der Waals surface area contributed by atoms with E-state index in [0.717, 1.165) is 35.4 Å². The van der Waals surface area contributed by atoms with Crippen LogP contribution in [0.4, 0.5) is 0 Å². The van der Waals surface area contributed by atoms with Crippen LogP contribution in [0.2, 0.25) is 0 Å². The summed E-state index contributed by atoms with van der Waals surface area (Å²) < 4.78 is 21.6. The highest BCUT2D eigenvalue weighted by Gasteiger charge is 2.15. The standard InChI is InChI=1S/C16H15NO2S/c18-20(19)11-12-4-3-6-14(10-12)16-15-7-2-1-5-13(15)8-9-17-16/h1-7,10H,8-9,11H2,(H,18,19)/p-1. The lowest BCUT2D eigenvalue weighted by atomic mass is 9.93. The first-order chi connectivity index (χ1) is 9.74. The maximum Gasteiger partial charge on any atom is 0.0721 e. The summed E-state index contributed by atoms with van der Waals surface area (Å²) in [7, 11) is 0.